The van der Waals surface area contributed by atoms with Gasteiger partial charge in [-0.1, -0.05) is 13.8 Å². The van der Waals surface area contributed by atoms with Crippen molar-refractivity contribution in [2.24, 2.45) is 5.92 Å². The third-order valence-corrected chi connectivity index (χ3v) is 4.36. The molecule has 0 bridgehead atoms. The Bertz CT molecular complexity index is 213. The molecule has 1 fully saturated rings. The molecular formula is C13H25NO. The summed E-state index contributed by atoms with van der Waals surface area (Å²) in [7, 11) is 0. The Morgan fingerprint density at radius 2 is 1.73 bits per heavy atom. The first-order valence-electron chi connectivity index (χ1n) is 6.29. The minimum Gasteiger partial charge on any atom is -0.300 e. The molecule has 0 unspecified atom stereocenters. The third-order valence-electron chi connectivity index (χ3n) is 4.36. The SMILES string of the molecule is CCC(C)(CC)N1CCC(C(C)=O)CC1. The summed E-state index contributed by atoms with van der Waals surface area (Å²) >= 11 is 0. The molecular weight excluding hydrogens is 186 g/mol. The van der Waals surface area contributed by atoms with Crippen molar-refractivity contribution in [1.82, 2.24) is 4.90 Å². The fourth-order valence-electron chi connectivity index (χ4n) is 2.52. The van der Waals surface area contributed by atoms with E-state index in [0.717, 1.165) is 25.9 Å². The van der Waals surface area contributed by atoms with Gasteiger partial charge in [0.2, 0.25) is 0 Å². The van der Waals surface area contributed by atoms with Crippen LogP contribution >= 0.6 is 0 Å². The van der Waals surface area contributed by atoms with Crippen LogP contribution < -0.4 is 0 Å². The zero-order valence-corrected chi connectivity index (χ0v) is 10.7. The second-order valence-electron chi connectivity index (χ2n) is 5.08. The molecule has 0 amide bonds. The molecule has 1 aliphatic rings. The number of ketones is 1. The number of hydrogen-bond acceptors (Lipinski definition) is 2. The van der Waals surface area contributed by atoms with Crippen molar-refractivity contribution in [2.75, 3.05) is 13.1 Å². The smallest absolute Gasteiger partial charge is 0.133 e. The summed E-state index contributed by atoms with van der Waals surface area (Å²) in [5.41, 5.74) is 0.349. The number of Topliss-reactive ketones (excluding diaryl/α,β-unsaturated/α-hetero) is 1. The molecule has 1 rings (SSSR count). The van der Waals surface area contributed by atoms with Crippen LogP contribution in [0.15, 0.2) is 0 Å². The standard InChI is InChI=1S/C13H25NO/c1-5-13(4,6-2)14-9-7-12(8-10-14)11(3)15/h12H,5-10H2,1-4H3. The molecule has 1 aliphatic heterocycles. The molecule has 1 saturated heterocycles. The van der Waals surface area contributed by atoms with E-state index < -0.39 is 0 Å². The number of hydrogen-bond donors (Lipinski definition) is 0. The molecule has 0 radical (unpaired) electrons. The van der Waals surface area contributed by atoms with E-state index in [4.69, 9.17) is 0 Å². The van der Waals surface area contributed by atoms with Crippen LogP contribution in [0.25, 0.3) is 0 Å². The maximum absolute atomic E-state index is 11.3. The molecule has 15 heavy (non-hydrogen) atoms. The van der Waals surface area contributed by atoms with E-state index >= 15 is 0 Å². The largest absolute Gasteiger partial charge is 0.300 e. The molecule has 0 aromatic heterocycles. The van der Waals surface area contributed by atoms with E-state index in [-0.39, 0.29) is 0 Å². The number of rotatable bonds is 4. The normalized spacial score (nSPS) is 20.5. The third kappa shape index (κ3) is 2.81. The summed E-state index contributed by atoms with van der Waals surface area (Å²) in [6, 6.07) is 0. The maximum atomic E-state index is 11.3. The van der Waals surface area contributed by atoms with Gasteiger partial charge >= 0.3 is 0 Å². The zero-order valence-electron chi connectivity index (χ0n) is 10.7. The predicted octanol–water partition coefficient (Wildman–Crippen LogP) is 2.87. The van der Waals surface area contributed by atoms with Crippen molar-refractivity contribution in [3.05, 3.63) is 0 Å². The monoisotopic (exact) mass is 211 g/mol. The van der Waals surface area contributed by atoms with Gasteiger partial charge in [0.15, 0.2) is 0 Å². The van der Waals surface area contributed by atoms with Crippen LogP contribution in [0.1, 0.15) is 53.4 Å². The Balaban J connectivity index is 2.53. The van der Waals surface area contributed by atoms with Gasteiger partial charge in [-0.05, 0) is 52.6 Å². The van der Waals surface area contributed by atoms with E-state index in [1.54, 1.807) is 6.92 Å². The van der Waals surface area contributed by atoms with Gasteiger partial charge in [0.05, 0.1) is 0 Å². The van der Waals surface area contributed by atoms with Crippen LogP contribution in [0.3, 0.4) is 0 Å². The highest BCUT2D eigenvalue weighted by atomic mass is 16.1. The van der Waals surface area contributed by atoms with E-state index in [1.165, 1.54) is 12.8 Å². The van der Waals surface area contributed by atoms with Crippen LogP contribution in [-0.2, 0) is 4.79 Å². The van der Waals surface area contributed by atoms with Crippen molar-refractivity contribution in [3.8, 4) is 0 Å². The van der Waals surface area contributed by atoms with Gasteiger partial charge in [-0.15, -0.1) is 0 Å². The highest BCUT2D eigenvalue weighted by molar-refractivity contribution is 5.78. The van der Waals surface area contributed by atoms with Gasteiger partial charge in [-0.3, -0.25) is 9.69 Å². The molecule has 0 saturated carbocycles. The van der Waals surface area contributed by atoms with Gasteiger partial charge in [0.25, 0.3) is 0 Å². The fraction of sp³-hybridized carbons (Fsp3) is 0.923. The van der Waals surface area contributed by atoms with Gasteiger partial charge in [-0.2, -0.15) is 0 Å². The van der Waals surface area contributed by atoms with Crippen molar-refractivity contribution < 1.29 is 4.79 Å². The Morgan fingerprint density at radius 1 is 1.27 bits per heavy atom. The summed E-state index contributed by atoms with van der Waals surface area (Å²) in [5.74, 6) is 0.712. The van der Waals surface area contributed by atoms with Gasteiger partial charge in [0.1, 0.15) is 5.78 Å². The highest BCUT2D eigenvalue weighted by Gasteiger charge is 2.32. The number of nitrogens with zero attached hydrogens (tertiary/aromatic N) is 1. The van der Waals surface area contributed by atoms with Crippen LogP contribution in [0.5, 0.6) is 0 Å². The average Bonchev–Trinajstić information content (AvgIpc) is 2.28. The lowest BCUT2D eigenvalue weighted by Gasteiger charge is -2.44. The van der Waals surface area contributed by atoms with E-state index in [1.807, 2.05) is 0 Å². The molecule has 0 N–H and O–H groups in total. The molecule has 0 aliphatic carbocycles. The van der Waals surface area contributed by atoms with Crippen molar-refractivity contribution >= 4 is 5.78 Å². The lowest BCUT2D eigenvalue weighted by Crippen LogP contribution is -2.50. The van der Waals surface area contributed by atoms with Gasteiger partial charge in [0, 0.05) is 11.5 Å². The molecule has 2 nitrogen and oxygen atoms in total. The molecule has 1 heterocycles. The first-order chi connectivity index (χ1) is 7.03. The summed E-state index contributed by atoms with van der Waals surface area (Å²) < 4.78 is 0. The van der Waals surface area contributed by atoms with Crippen LogP contribution in [0.4, 0.5) is 0 Å². The number of likely N-dealkylation sites (tertiary alicyclic amines) is 1. The molecule has 2 heteroatoms. The van der Waals surface area contributed by atoms with Crippen LogP contribution in [-0.4, -0.2) is 29.3 Å². The molecule has 0 aromatic carbocycles. The Labute approximate surface area is 94.0 Å². The van der Waals surface area contributed by atoms with Crippen LogP contribution in [0, 0.1) is 5.92 Å². The van der Waals surface area contributed by atoms with Gasteiger partial charge < -0.3 is 0 Å². The van der Waals surface area contributed by atoms with Crippen molar-refractivity contribution in [3.63, 3.8) is 0 Å². The van der Waals surface area contributed by atoms with E-state index in [0.29, 0.717) is 17.2 Å². The highest BCUT2D eigenvalue weighted by Crippen LogP contribution is 2.29. The second-order valence-corrected chi connectivity index (χ2v) is 5.08. The summed E-state index contributed by atoms with van der Waals surface area (Å²) in [6.07, 6.45) is 4.53. The predicted molar refractivity (Wildman–Crippen MR) is 64.0 cm³/mol. The summed E-state index contributed by atoms with van der Waals surface area (Å²) in [4.78, 5) is 13.9. The average molecular weight is 211 g/mol. The lowest BCUT2D eigenvalue weighted by molar-refractivity contribution is -0.122. The van der Waals surface area contributed by atoms with Crippen LogP contribution in [0.2, 0.25) is 0 Å². The quantitative estimate of drug-likeness (QED) is 0.712. The lowest BCUT2D eigenvalue weighted by atomic mass is 9.87. The molecule has 88 valence electrons. The number of carbonyl (C=O) groups excluding carboxylic acids is 1. The Morgan fingerprint density at radius 3 is 2.07 bits per heavy atom. The van der Waals surface area contributed by atoms with Crippen molar-refractivity contribution in [1.29, 1.82) is 0 Å². The Kier molecular flexibility index (Phi) is 4.32. The Hall–Kier alpha value is -0.370. The fourth-order valence-corrected chi connectivity index (χ4v) is 2.52. The number of carbonyl (C=O) groups is 1. The molecule has 0 spiro atoms. The van der Waals surface area contributed by atoms with E-state index in [2.05, 4.69) is 25.7 Å². The van der Waals surface area contributed by atoms with Gasteiger partial charge in [-0.25, -0.2) is 0 Å². The zero-order chi connectivity index (χ0) is 11.5. The summed E-state index contributed by atoms with van der Waals surface area (Å²) in [6.45, 7) is 10.8. The van der Waals surface area contributed by atoms with E-state index in [9.17, 15) is 4.79 Å². The second kappa shape index (κ2) is 5.11. The first kappa shape index (κ1) is 12.7. The maximum Gasteiger partial charge on any atom is 0.133 e. The number of piperidine rings is 1. The molecule has 0 atom stereocenters. The minimum absolute atomic E-state index is 0.333. The molecule has 0 aromatic rings. The minimum atomic E-state index is 0.333. The topological polar surface area (TPSA) is 20.3 Å². The first-order valence-corrected chi connectivity index (χ1v) is 6.29. The van der Waals surface area contributed by atoms with Crippen molar-refractivity contribution in [2.45, 2.75) is 58.9 Å². The summed E-state index contributed by atoms with van der Waals surface area (Å²) in [5, 5.41) is 0.